The first-order valence-electron chi connectivity index (χ1n) is 10.1. The van der Waals surface area contributed by atoms with Gasteiger partial charge in [0, 0.05) is 54.3 Å². The van der Waals surface area contributed by atoms with Crippen molar-refractivity contribution in [3.63, 3.8) is 0 Å². The smallest absolute Gasteiger partial charge is 0.255 e. The second-order valence-corrected chi connectivity index (χ2v) is 8.43. The van der Waals surface area contributed by atoms with Crippen LogP contribution in [-0.4, -0.2) is 65.4 Å². The molecule has 1 aliphatic heterocycles. The van der Waals surface area contributed by atoms with Crippen molar-refractivity contribution in [1.82, 2.24) is 19.7 Å². The first kappa shape index (κ1) is 21.6. The van der Waals surface area contributed by atoms with Gasteiger partial charge in [-0.1, -0.05) is 22.9 Å². The Morgan fingerprint density at radius 3 is 2.34 bits per heavy atom. The zero-order chi connectivity index (χ0) is 21.0. The van der Waals surface area contributed by atoms with Gasteiger partial charge in [-0.25, -0.2) is 0 Å². The molecule has 0 bridgehead atoms. The predicted octanol–water partition coefficient (Wildman–Crippen LogP) is 3.14. The lowest BCUT2D eigenvalue weighted by Gasteiger charge is -2.34. The third-order valence-corrected chi connectivity index (χ3v) is 5.87. The number of rotatable bonds is 6. The number of aromatic nitrogens is 1. The van der Waals surface area contributed by atoms with Gasteiger partial charge in [0.2, 0.25) is 5.91 Å². The van der Waals surface area contributed by atoms with E-state index in [2.05, 4.69) is 30.7 Å². The topological polar surface area (TPSA) is 57.6 Å². The van der Waals surface area contributed by atoms with Crippen molar-refractivity contribution in [3.05, 3.63) is 51.8 Å². The number of amides is 2. The Bertz CT molecular complexity index is 868. The third-order valence-electron chi connectivity index (χ3n) is 5.35. The zero-order valence-corrected chi connectivity index (χ0v) is 19.0. The number of hydrogen-bond acceptors (Lipinski definition) is 3. The summed E-state index contributed by atoms with van der Waals surface area (Å²) in [6.45, 7) is 9.90. The first-order valence-corrected chi connectivity index (χ1v) is 10.9. The summed E-state index contributed by atoms with van der Waals surface area (Å²) >= 11 is 3.47. The van der Waals surface area contributed by atoms with E-state index in [-0.39, 0.29) is 11.8 Å². The average molecular weight is 461 g/mol. The molecular formula is C22H29BrN4O2. The van der Waals surface area contributed by atoms with Crippen LogP contribution in [0, 0.1) is 13.8 Å². The molecule has 0 saturated carbocycles. The summed E-state index contributed by atoms with van der Waals surface area (Å²) in [5, 5.41) is 2.91. The van der Waals surface area contributed by atoms with Crippen LogP contribution in [0.3, 0.4) is 0 Å². The SMILES string of the molecule is CCCNC(=O)CN1CCN(C(=O)c2cc(C)n(-c3ccc(Br)cc3)c2C)CC1. The second kappa shape index (κ2) is 9.59. The molecule has 2 heterocycles. The predicted molar refractivity (Wildman–Crippen MR) is 119 cm³/mol. The molecule has 29 heavy (non-hydrogen) atoms. The highest BCUT2D eigenvalue weighted by Gasteiger charge is 2.26. The van der Waals surface area contributed by atoms with Crippen LogP contribution in [0.5, 0.6) is 0 Å². The van der Waals surface area contributed by atoms with Crippen molar-refractivity contribution < 1.29 is 9.59 Å². The van der Waals surface area contributed by atoms with Gasteiger partial charge in [-0.2, -0.15) is 0 Å². The van der Waals surface area contributed by atoms with Gasteiger partial charge in [-0.05, 0) is 50.6 Å². The minimum absolute atomic E-state index is 0.0599. The van der Waals surface area contributed by atoms with E-state index in [1.807, 2.05) is 56.0 Å². The van der Waals surface area contributed by atoms with Gasteiger partial charge in [0.25, 0.3) is 5.91 Å². The fourth-order valence-corrected chi connectivity index (χ4v) is 4.03. The maximum Gasteiger partial charge on any atom is 0.255 e. The number of halogens is 1. The monoisotopic (exact) mass is 460 g/mol. The van der Waals surface area contributed by atoms with Crippen molar-refractivity contribution in [2.45, 2.75) is 27.2 Å². The molecule has 0 unspecified atom stereocenters. The average Bonchev–Trinajstić information content (AvgIpc) is 3.01. The molecular weight excluding hydrogens is 432 g/mol. The van der Waals surface area contributed by atoms with Crippen molar-refractivity contribution >= 4 is 27.7 Å². The van der Waals surface area contributed by atoms with Crippen LogP contribution in [0.2, 0.25) is 0 Å². The molecule has 1 fully saturated rings. The molecule has 0 radical (unpaired) electrons. The molecule has 1 saturated heterocycles. The Labute approximate surface area is 181 Å². The van der Waals surface area contributed by atoms with Crippen molar-refractivity contribution in [3.8, 4) is 5.69 Å². The minimum atomic E-state index is 0.0599. The Morgan fingerprint density at radius 1 is 1.07 bits per heavy atom. The summed E-state index contributed by atoms with van der Waals surface area (Å²) < 4.78 is 3.15. The molecule has 1 N–H and O–H groups in total. The van der Waals surface area contributed by atoms with Gasteiger partial charge in [-0.15, -0.1) is 0 Å². The lowest BCUT2D eigenvalue weighted by atomic mass is 10.2. The molecule has 3 rings (SSSR count). The largest absolute Gasteiger partial charge is 0.355 e. The Morgan fingerprint density at radius 2 is 1.72 bits per heavy atom. The summed E-state index contributed by atoms with van der Waals surface area (Å²) in [7, 11) is 0. The molecule has 0 spiro atoms. The summed E-state index contributed by atoms with van der Waals surface area (Å²) in [4.78, 5) is 29.1. The van der Waals surface area contributed by atoms with E-state index < -0.39 is 0 Å². The Balaban J connectivity index is 1.65. The number of carbonyl (C=O) groups excluding carboxylic acids is 2. The quantitative estimate of drug-likeness (QED) is 0.719. The van der Waals surface area contributed by atoms with Gasteiger partial charge >= 0.3 is 0 Å². The summed E-state index contributed by atoms with van der Waals surface area (Å²) in [5.41, 5.74) is 3.79. The Kier molecular flexibility index (Phi) is 7.14. The van der Waals surface area contributed by atoms with Gasteiger partial charge in [0.15, 0.2) is 0 Å². The van der Waals surface area contributed by atoms with Crippen molar-refractivity contribution in [2.24, 2.45) is 0 Å². The minimum Gasteiger partial charge on any atom is -0.355 e. The fraction of sp³-hybridized carbons (Fsp3) is 0.455. The van der Waals surface area contributed by atoms with Gasteiger partial charge < -0.3 is 14.8 Å². The molecule has 0 aliphatic carbocycles. The van der Waals surface area contributed by atoms with Crippen molar-refractivity contribution in [2.75, 3.05) is 39.3 Å². The standard InChI is InChI=1S/C22H29BrN4O2/c1-4-9-24-21(28)15-25-10-12-26(13-11-25)22(29)20-14-16(2)27(17(20)3)19-7-5-18(23)6-8-19/h5-8,14H,4,9-13,15H2,1-3H3,(H,24,28). The number of hydrogen-bond donors (Lipinski definition) is 1. The van der Waals surface area contributed by atoms with Crippen LogP contribution in [0.15, 0.2) is 34.8 Å². The molecule has 1 aromatic carbocycles. The second-order valence-electron chi connectivity index (χ2n) is 7.51. The van der Waals surface area contributed by atoms with Crippen LogP contribution in [0.25, 0.3) is 5.69 Å². The molecule has 2 amide bonds. The number of aryl methyl sites for hydroxylation is 1. The highest BCUT2D eigenvalue weighted by molar-refractivity contribution is 9.10. The zero-order valence-electron chi connectivity index (χ0n) is 17.4. The van der Waals surface area contributed by atoms with Crippen LogP contribution in [-0.2, 0) is 4.79 Å². The molecule has 7 heteroatoms. The molecule has 0 atom stereocenters. The highest BCUT2D eigenvalue weighted by Crippen LogP contribution is 2.23. The van der Waals surface area contributed by atoms with Crippen LogP contribution < -0.4 is 5.32 Å². The lowest BCUT2D eigenvalue weighted by Crippen LogP contribution is -2.51. The number of piperazine rings is 1. The van der Waals surface area contributed by atoms with E-state index >= 15 is 0 Å². The van der Waals surface area contributed by atoms with Crippen LogP contribution in [0.4, 0.5) is 0 Å². The van der Waals surface area contributed by atoms with Gasteiger partial charge in [0.05, 0.1) is 12.1 Å². The highest BCUT2D eigenvalue weighted by atomic mass is 79.9. The number of benzene rings is 1. The molecule has 156 valence electrons. The number of nitrogens with one attached hydrogen (secondary N) is 1. The van der Waals surface area contributed by atoms with Crippen LogP contribution in [0.1, 0.15) is 35.1 Å². The van der Waals surface area contributed by atoms with E-state index in [1.54, 1.807) is 0 Å². The summed E-state index contributed by atoms with van der Waals surface area (Å²) in [6, 6.07) is 10.1. The van der Waals surface area contributed by atoms with E-state index in [9.17, 15) is 9.59 Å². The molecule has 6 nitrogen and oxygen atoms in total. The van der Waals surface area contributed by atoms with Gasteiger partial charge in [0.1, 0.15) is 0 Å². The molecule has 2 aromatic rings. The first-order chi connectivity index (χ1) is 13.9. The Hall–Kier alpha value is -2.12. The third kappa shape index (κ3) is 5.08. The number of nitrogens with zero attached hydrogens (tertiary/aromatic N) is 3. The van der Waals surface area contributed by atoms with E-state index in [0.29, 0.717) is 26.2 Å². The maximum atomic E-state index is 13.1. The molecule has 1 aliphatic rings. The fourth-order valence-electron chi connectivity index (χ4n) is 3.77. The summed E-state index contributed by atoms with van der Waals surface area (Å²) in [6.07, 6.45) is 0.937. The van der Waals surface area contributed by atoms with Crippen LogP contribution >= 0.6 is 15.9 Å². The van der Waals surface area contributed by atoms with Gasteiger partial charge in [-0.3, -0.25) is 14.5 Å². The summed E-state index contributed by atoms with van der Waals surface area (Å²) in [5.74, 6) is 0.126. The lowest BCUT2D eigenvalue weighted by molar-refractivity contribution is -0.122. The van der Waals surface area contributed by atoms with E-state index in [1.165, 1.54) is 0 Å². The maximum absolute atomic E-state index is 13.1. The van der Waals surface area contributed by atoms with E-state index in [4.69, 9.17) is 0 Å². The molecule has 1 aromatic heterocycles. The van der Waals surface area contributed by atoms with E-state index in [0.717, 1.165) is 46.6 Å². The number of carbonyl (C=O) groups is 2. The van der Waals surface area contributed by atoms with Crippen molar-refractivity contribution in [1.29, 1.82) is 0 Å². The normalized spacial score (nSPS) is 14.8.